The highest BCUT2D eigenvalue weighted by molar-refractivity contribution is 6.05. The van der Waals surface area contributed by atoms with E-state index in [-0.39, 0.29) is 42.5 Å². The van der Waals surface area contributed by atoms with Gasteiger partial charge in [0.25, 0.3) is 0 Å². The van der Waals surface area contributed by atoms with Gasteiger partial charge in [0, 0.05) is 30.9 Å². The SMILES string of the molecule is O=C(CCN1C(=O)[C@@H]2CCCC[C@H]2C1=O)N1CC[NH+](Cc2ccncc2)CC1. The predicted octanol–water partition coefficient (Wildman–Crippen LogP) is -0.126. The minimum atomic E-state index is -0.128. The molecule has 3 amide bonds. The Morgan fingerprint density at radius 2 is 1.64 bits per heavy atom. The first-order chi connectivity index (χ1) is 13.6. The van der Waals surface area contributed by atoms with Crippen LogP contribution in [0, 0.1) is 11.8 Å². The number of hydrogen-bond donors (Lipinski definition) is 1. The molecule has 1 aromatic heterocycles. The summed E-state index contributed by atoms with van der Waals surface area (Å²) >= 11 is 0. The maximum Gasteiger partial charge on any atom is 0.233 e. The van der Waals surface area contributed by atoms with Gasteiger partial charge in [0.15, 0.2) is 0 Å². The molecule has 4 rings (SSSR count). The quantitative estimate of drug-likeness (QED) is 0.717. The Hall–Kier alpha value is -2.28. The number of carbonyl (C=O) groups is 3. The molecule has 1 N–H and O–H groups in total. The molecule has 2 atom stereocenters. The third-order valence-electron chi connectivity index (χ3n) is 6.51. The summed E-state index contributed by atoms with van der Waals surface area (Å²) in [6, 6.07) is 4.07. The lowest BCUT2D eigenvalue weighted by atomic mass is 9.81. The summed E-state index contributed by atoms with van der Waals surface area (Å²) in [6.07, 6.45) is 7.57. The Morgan fingerprint density at radius 1 is 1.04 bits per heavy atom. The molecule has 0 spiro atoms. The summed E-state index contributed by atoms with van der Waals surface area (Å²) in [5, 5.41) is 0. The fraction of sp³-hybridized carbons (Fsp3) is 0.619. The second kappa shape index (κ2) is 8.39. The zero-order chi connectivity index (χ0) is 19.5. The summed E-state index contributed by atoms with van der Waals surface area (Å²) < 4.78 is 0. The van der Waals surface area contributed by atoms with Crippen molar-refractivity contribution in [2.75, 3.05) is 32.7 Å². The van der Waals surface area contributed by atoms with Crippen molar-refractivity contribution in [3.05, 3.63) is 30.1 Å². The summed E-state index contributed by atoms with van der Waals surface area (Å²) in [7, 11) is 0. The predicted molar refractivity (Wildman–Crippen MR) is 102 cm³/mol. The van der Waals surface area contributed by atoms with Crippen LogP contribution in [0.3, 0.4) is 0 Å². The van der Waals surface area contributed by atoms with Gasteiger partial charge in [-0.25, -0.2) is 0 Å². The third-order valence-corrected chi connectivity index (χ3v) is 6.51. The second-order valence-electron chi connectivity index (χ2n) is 8.24. The number of quaternary nitrogens is 1. The van der Waals surface area contributed by atoms with Crippen molar-refractivity contribution in [1.82, 2.24) is 14.8 Å². The number of nitrogens with zero attached hydrogens (tertiary/aromatic N) is 3. The Morgan fingerprint density at radius 3 is 2.25 bits per heavy atom. The van der Waals surface area contributed by atoms with Crippen LogP contribution in [-0.2, 0) is 20.9 Å². The van der Waals surface area contributed by atoms with Crippen LogP contribution in [0.2, 0.25) is 0 Å². The van der Waals surface area contributed by atoms with Crippen molar-refractivity contribution in [3.63, 3.8) is 0 Å². The van der Waals surface area contributed by atoms with Crippen LogP contribution in [0.25, 0.3) is 0 Å². The van der Waals surface area contributed by atoms with Crippen LogP contribution in [0.15, 0.2) is 24.5 Å². The van der Waals surface area contributed by atoms with Gasteiger partial charge in [0.1, 0.15) is 6.54 Å². The Labute approximate surface area is 165 Å². The molecule has 1 aliphatic carbocycles. The fourth-order valence-corrected chi connectivity index (χ4v) is 4.86. The van der Waals surface area contributed by atoms with E-state index in [0.717, 1.165) is 58.4 Å². The lowest BCUT2D eigenvalue weighted by Crippen LogP contribution is -3.13. The van der Waals surface area contributed by atoms with E-state index in [1.165, 1.54) is 15.4 Å². The van der Waals surface area contributed by atoms with Crippen molar-refractivity contribution >= 4 is 17.7 Å². The molecule has 3 heterocycles. The molecule has 28 heavy (non-hydrogen) atoms. The molecule has 7 nitrogen and oxygen atoms in total. The van der Waals surface area contributed by atoms with Gasteiger partial charge in [0.05, 0.1) is 38.0 Å². The van der Waals surface area contributed by atoms with E-state index in [1.807, 2.05) is 29.4 Å². The van der Waals surface area contributed by atoms with Crippen molar-refractivity contribution in [2.24, 2.45) is 11.8 Å². The van der Waals surface area contributed by atoms with Crippen LogP contribution in [0.4, 0.5) is 0 Å². The van der Waals surface area contributed by atoms with Crippen molar-refractivity contribution in [2.45, 2.75) is 38.6 Å². The van der Waals surface area contributed by atoms with Gasteiger partial charge in [-0.1, -0.05) is 12.8 Å². The van der Waals surface area contributed by atoms with E-state index in [0.29, 0.717) is 0 Å². The highest BCUT2D eigenvalue weighted by Crippen LogP contribution is 2.37. The average molecular weight is 385 g/mol. The molecule has 3 aliphatic rings. The number of piperazine rings is 1. The van der Waals surface area contributed by atoms with E-state index in [4.69, 9.17) is 0 Å². The first kappa shape index (κ1) is 19.1. The molecule has 1 saturated carbocycles. The normalized spacial score (nSPS) is 25.9. The van der Waals surface area contributed by atoms with Crippen LogP contribution >= 0.6 is 0 Å². The molecule has 2 aliphatic heterocycles. The number of nitrogens with one attached hydrogen (secondary N) is 1. The van der Waals surface area contributed by atoms with E-state index in [2.05, 4.69) is 4.98 Å². The zero-order valence-electron chi connectivity index (χ0n) is 16.3. The van der Waals surface area contributed by atoms with E-state index in [9.17, 15) is 14.4 Å². The Bertz CT molecular complexity index is 706. The summed E-state index contributed by atoms with van der Waals surface area (Å²) in [6.45, 7) is 4.48. The molecule has 150 valence electrons. The van der Waals surface area contributed by atoms with Crippen LogP contribution in [-0.4, -0.2) is 65.2 Å². The first-order valence-electron chi connectivity index (χ1n) is 10.5. The van der Waals surface area contributed by atoms with E-state index < -0.39 is 0 Å². The lowest BCUT2D eigenvalue weighted by Gasteiger charge is -2.32. The number of fused-ring (bicyclic) bond motifs is 1. The van der Waals surface area contributed by atoms with Crippen molar-refractivity contribution < 1.29 is 19.3 Å². The highest BCUT2D eigenvalue weighted by atomic mass is 16.2. The number of rotatable bonds is 5. The molecule has 0 bridgehead atoms. The number of likely N-dealkylation sites (tertiary alicyclic amines) is 1. The number of amides is 3. The Balaban J connectivity index is 1.24. The van der Waals surface area contributed by atoms with Gasteiger partial charge in [0.2, 0.25) is 17.7 Å². The topological polar surface area (TPSA) is 75.0 Å². The fourth-order valence-electron chi connectivity index (χ4n) is 4.86. The van der Waals surface area contributed by atoms with Crippen molar-refractivity contribution in [1.29, 1.82) is 0 Å². The second-order valence-corrected chi connectivity index (χ2v) is 8.24. The molecule has 3 fully saturated rings. The molecule has 0 unspecified atom stereocenters. The van der Waals surface area contributed by atoms with Gasteiger partial charge in [-0.15, -0.1) is 0 Å². The first-order valence-corrected chi connectivity index (χ1v) is 10.5. The zero-order valence-corrected chi connectivity index (χ0v) is 16.3. The summed E-state index contributed by atoms with van der Waals surface area (Å²) in [5.74, 6) is -0.296. The smallest absolute Gasteiger partial charge is 0.233 e. The molecule has 0 aromatic carbocycles. The molecule has 2 saturated heterocycles. The minimum Gasteiger partial charge on any atom is -0.331 e. The number of aromatic nitrogens is 1. The maximum atomic E-state index is 12.6. The highest BCUT2D eigenvalue weighted by Gasteiger charge is 2.47. The van der Waals surface area contributed by atoms with Crippen LogP contribution in [0.5, 0.6) is 0 Å². The van der Waals surface area contributed by atoms with Crippen LogP contribution in [0.1, 0.15) is 37.7 Å². The number of carbonyl (C=O) groups excluding carboxylic acids is 3. The van der Waals surface area contributed by atoms with E-state index >= 15 is 0 Å². The van der Waals surface area contributed by atoms with Gasteiger partial charge in [-0.2, -0.15) is 0 Å². The van der Waals surface area contributed by atoms with Gasteiger partial charge in [-0.05, 0) is 25.0 Å². The molecule has 7 heteroatoms. The minimum absolute atomic E-state index is 0.0471. The standard InChI is InChI=1S/C21H28N4O3/c26-19(7-10-25-20(27)17-3-1-2-4-18(17)21(25)28)24-13-11-23(12-14-24)15-16-5-8-22-9-6-16/h5-6,8-9,17-18H,1-4,7,10-15H2/p+1/t17-,18-/m1/s1. The van der Waals surface area contributed by atoms with Gasteiger partial charge in [-0.3, -0.25) is 24.3 Å². The molecule has 0 radical (unpaired) electrons. The number of pyridine rings is 1. The van der Waals surface area contributed by atoms with E-state index in [1.54, 1.807) is 0 Å². The largest absolute Gasteiger partial charge is 0.331 e. The summed E-state index contributed by atoms with van der Waals surface area (Å²) in [4.78, 5) is 46.4. The molecular formula is C21H29N4O3+. The molecular weight excluding hydrogens is 356 g/mol. The third kappa shape index (κ3) is 3.94. The lowest BCUT2D eigenvalue weighted by molar-refractivity contribution is -0.917. The van der Waals surface area contributed by atoms with Crippen molar-refractivity contribution in [3.8, 4) is 0 Å². The maximum absolute atomic E-state index is 12.6. The summed E-state index contributed by atoms with van der Waals surface area (Å²) in [5.41, 5.74) is 1.26. The number of hydrogen-bond acceptors (Lipinski definition) is 4. The average Bonchev–Trinajstić information content (AvgIpc) is 2.98. The number of imide groups is 1. The van der Waals surface area contributed by atoms with Crippen LogP contribution < -0.4 is 4.90 Å². The Kier molecular flexibility index (Phi) is 5.71. The van der Waals surface area contributed by atoms with Gasteiger partial charge >= 0.3 is 0 Å². The van der Waals surface area contributed by atoms with Gasteiger partial charge < -0.3 is 9.80 Å². The monoisotopic (exact) mass is 385 g/mol. The molecule has 1 aromatic rings.